The molecule has 1 unspecified atom stereocenters. The van der Waals surface area contributed by atoms with Crippen LogP contribution in [0.4, 0.5) is 0 Å². The largest absolute Gasteiger partial charge is 0.497 e. The van der Waals surface area contributed by atoms with Gasteiger partial charge in [-0.15, -0.1) is 0 Å². The summed E-state index contributed by atoms with van der Waals surface area (Å²) >= 11 is 0. The average Bonchev–Trinajstić information content (AvgIpc) is 2.64. The monoisotopic (exact) mass is 343 g/mol. The van der Waals surface area contributed by atoms with Crippen molar-refractivity contribution in [1.29, 1.82) is 0 Å². The highest BCUT2D eigenvalue weighted by molar-refractivity contribution is 5.84. The number of aliphatic carboxylic acids is 1. The number of nitrogens with one attached hydrogen (secondary N) is 1. The van der Waals surface area contributed by atoms with Gasteiger partial charge in [0.15, 0.2) is 6.04 Å². The van der Waals surface area contributed by atoms with Crippen molar-refractivity contribution in [1.82, 2.24) is 5.32 Å². The van der Waals surface area contributed by atoms with E-state index in [9.17, 15) is 14.7 Å². The first-order valence-corrected chi connectivity index (χ1v) is 7.82. The number of methoxy groups -OCH3 is 2. The van der Waals surface area contributed by atoms with E-state index in [1.54, 1.807) is 31.4 Å². The van der Waals surface area contributed by atoms with E-state index in [0.29, 0.717) is 17.7 Å². The molecule has 25 heavy (non-hydrogen) atoms. The summed E-state index contributed by atoms with van der Waals surface area (Å²) in [5.74, 6) is -0.0947. The van der Waals surface area contributed by atoms with Gasteiger partial charge in [0.1, 0.15) is 11.5 Å². The molecular weight excluding hydrogens is 322 g/mol. The molecule has 2 N–H and O–H groups in total. The summed E-state index contributed by atoms with van der Waals surface area (Å²) in [5, 5.41) is 12.0. The van der Waals surface area contributed by atoms with E-state index in [0.717, 1.165) is 11.3 Å². The molecule has 6 nitrogen and oxygen atoms in total. The van der Waals surface area contributed by atoms with Gasteiger partial charge >= 0.3 is 5.97 Å². The van der Waals surface area contributed by atoms with Crippen LogP contribution in [-0.2, 0) is 16.0 Å². The fraction of sp³-hybridized carbons (Fsp3) is 0.263. The van der Waals surface area contributed by atoms with E-state index in [2.05, 4.69) is 5.32 Å². The van der Waals surface area contributed by atoms with Crippen LogP contribution in [-0.4, -0.2) is 31.2 Å². The predicted molar refractivity (Wildman–Crippen MR) is 92.8 cm³/mol. The highest BCUT2D eigenvalue weighted by Crippen LogP contribution is 2.19. The molecule has 0 fully saturated rings. The summed E-state index contributed by atoms with van der Waals surface area (Å²) in [6.07, 6.45) is 0.686. The average molecular weight is 343 g/mol. The van der Waals surface area contributed by atoms with Gasteiger partial charge in [0, 0.05) is 6.42 Å². The van der Waals surface area contributed by atoms with Crippen LogP contribution in [0.3, 0.4) is 0 Å². The van der Waals surface area contributed by atoms with Crippen LogP contribution < -0.4 is 14.8 Å². The first kappa shape index (κ1) is 18.3. The number of benzene rings is 2. The van der Waals surface area contributed by atoms with Crippen LogP contribution in [0.5, 0.6) is 11.5 Å². The molecule has 6 heteroatoms. The fourth-order valence-corrected chi connectivity index (χ4v) is 2.40. The molecule has 0 saturated heterocycles. The zero-order valence-electron chi connectivity index (χ0n) is 14.2. The lowest BCUT2D eigenvalue weighted by Gasteiger charge is -2.15. The topological polar surface area (TPSA) is 84.9 Å². The second-order valence-corrected chi connectivity index (χ2v) is 5.46. The number of hydrogen-bond donors (Lipinski definition) is 2. The molecule has 0 aromatic heterocycles. The highest BCUT2D eigenvalue weighted by atomic mass is 16.5. The number of ether oxygens (including phenoxy) is 2. The van der Waals surface area contributed by atoms with Crippen molar-refractivity contribution in [3.8, 4) is 11.5 Å². The first-order valence-electron chi connectivity index (χ1n) is 7.82. The third kappa shape index (κ3) is 5.24. The summed E-state index contributed by atoms with van der Waals surface area (Å²) in [7, 11) is 3.11. The van der Waals surface area contributed by atoms with Crippen LogP contribution in [0, 0.1) is 0 Å². The summed E-state index contributed by atoms with van der Waals surface area (Å²) < 4.78 is 10.2. The first-order chi connectivity index (χ1) is 12.0. The van der Waals surface area contributed by atoms with Gasteiger partial charge in [0.25, 0.3) is 0 Å². The molecule has 0 spiro atoms. The van der Waals surface area contributed by atoms with Gasteiger partial charge in [0.05, 0.1) is 14.2 Å². The van der Waals surface area contributed by atoms with Crippen LogP contribution in [0.15, 0.2) is 48.5 Å². The standard InChI is InChI=1S/C19H21NO5/c1-24-15-9-7-14(8-10-15)18(19(22)23)20-17(21)11-6-13-4-3-5-16(12-13)25-2/h3-5,7-10,12,18H,6,11H2,1-2H3,(H,20,21)(H,22,23). The van der Waals surface area contributed by atoms with Gasteiger partial charge in [-0.25, -0.2) is 4.79 Å². The Hall–Kier alpha value is -3.02. The smallest absolute Gasteiger partial charge is 0.330 e. The van der Waals surface area contributed by atoms with Crippen molar-refractivity contribution >= 4 is 11.9 Å². The van der Waals surface area contributed by atoms with Crippen molar-refractivity contribution in [2.75, 3.05) is 14.2 Å². The minimum absolute atomic E-state index is 0.188. The number of aryl methyl sites for hydroxylation is 1. The molecule has 0 aliphatic heterocycles. The third-order valence-corrected chi connectivity index (χ3v) is 3.78. The zero-order chi connectivity index (χ0) is 18.2. The van der Waals surface area contributed by atoms with Gasteiger partial charge in [-0.2, -0.15) is 0 Å². The van der Waals surface area contributed by atoms with E-state index in [1.807, 2.05) is 24.3 Å². The maximum absolute atomic E-state index is 12.2. The van der Waals surface area contributed by atoms with Gasteiger partial charge < -0.3 is 19.9 Å². The van der Waals surface area contributed by atoms with Crippen molar-refractivity contribution in [2.45, 2.75) is 18.9 Å². The molecule has 0 aliphatic rings. The van der Waals surface area contributed by atoms with Gasteiger partial charge in [-0.3, -0.25) is 4.79 Å². The predicted octanol–water partition coefficient (Wildman–Crippen LogP) is 2.58. The number of amides is 1. The van der Waals surface area contributed by atoms with E-state index in [1.165, 1.54) is 7.11 Å². The van der Waals surface area contributed by atoms with Gasteiger partial charge in [-0.05, 0) is 41.8 Å². The highest BCUT2D eigenvalue weighted by Gasteiger charge is 2.21. The normalized spacial score (nSPS) is 11.4. The van der Waals surface area contributed by atoms with Crippen LogP contribution in [0.25, 0.3) is 0 Å². The molecule has 132 valence electrons. The molecule has 2 aromatic rings. The van der Waals surface area contributed by atoms with Crippen molar-refractivity contribution in [3.63, 3.8) is 0 Å². The number of carboxylic acid groups (broad SMARTS) is 1. The van der Waals surface area contributed by atoms with E-state index in [-0.39, 0.29) is 12.3 Å². The van der Waals surface area contributed by atoms with Crippen molar-refractivity contribution in [3.05, 3.63) is 59.7 Å². The summed E-state index contributed by atoms with van der Waals surface area (Å²) in [4.78, 5) is 23.6. The Morgan fingerprint density at radius 2 is 1.72 bits per heavy atom. The minimum atomic E-state index is -1.11. The molecule has 0 aliphatic carbocycles. The Morgan fingerprint density at radius 1 is 1.04 bits per heavy atom. The van der Waals surface area contributed by atoms with Crippen LogP contribution in [0.2, 0.25) is 0 Å². The number of carboxylic acids is 1. The molecular formula is C19H21NO5. The minimum Gasteiger partial charge on any atom is -0.497 e. The van der Waals surface area contributed by atoms with Crippen LogP contribution >= 0.6 is 0 Å². The van der Waals surface area contributed by atoms with E-state index < -0.39 is 12.0 Å². The number of carbonyl (C=O) groups is 2. The van der Waals surface area contributed by atoms with Gasteiger partial charge in [-0.1, -0.05) is 24.3 Å². The number of hydrogen-bond acceptors (Lipinski definition) is 4. The SMILES string of the molecule is COc1ccc(C(NC(=O)CCc2cccc(OC)c2)C(=O)O)cc1. The lowest BCUT2D eigenvalue weighted by molar-refractivity contribution is -0.142. The summed E-state index contributed by atoms with van der Waals surface area (Å²) in [5.41, 5.74) is 1.44. The number of rotatable bonds is 8. The molecule has 0 heterocycles. The summed E-state index contributed by atoms with van der Waals surface area (Å²) in [6.45, 7) is 0. The van der Waals surface area contributed by atoms with Crippen LogP contribution in [0.1, 0.15) is 23.6 Å². The Labute approximate surface area is 146 Å². The molecule has 0 bridgehead atoms. The molecule has 1 atom stereocenters. The lowest BCUT2D eigenvalue weighted by atomic mass is 10.1. The third-order valence-electron chi connectivity index (χ3n) is 3.78. The second kappa shape index (κ2) is 8.73. The zero-order valence-corrected chi connectivity index (χ0v) is 14.2. The molecule has 0 saturated carbocycles. The van der Waals surface area contributed by atoms with Crippen molar-refractivity contribution < 1.29 is 24.2 Å². The Kier molecular flexibility index (Phi) is 6.39. The molecule has 1 amide bonds. The maximum atomic E-state index is 12.2. The Balaban J connectivity index is 1.98. The molecule has 0 radical (unpaired) electrons. The second-order valence-electron chi connectivity index (χ2n) is 5.46. The van der Waals surface area contributed by atoms with E-state index >= 15 is 0 Å². The molecule has 2 aromatic carbocycles. The van der Waals surface area contributed by atoms with E-state index in [4.69, 9.17) is 9.47 Å². The number of carbonyl (C=O) groups excluding carboxylic acids is 1. The Bertz CT molecular complexity index is 727. The van der Waals surface area contributed by atoms with Crippen molar-refractivity contribution in [2.24, 2.45) is 0 Å². The summed E-state index contributed by atoms with van der Waals surface area (Å²) in [6, 6.07) is 12.9. The fourth-order valence-electron chi connectivity index (χ4n) is 2.40. The lowest BCUT2D eigenvalue weighted by Crippen LogP contribution is -2.33. The Morgan fingerprint density at radius 3 is 2.32 bits per heavy atom. The van der Waals surface area contributed by atoms with Gasteiger partial charge in [0.2, 0.25) is 5.91 Å². The maximum Gasteiger partial charge on any atom is 0.330 e. The molecule has 2 rings (SSSR count). The quantitative estimate of drug-likeness (QED) is 0.769.